The monoisotopic (exact) mass is 277 g/mol. The van der Waals surface area contributed by atoms with Crippen molar-refractivity contribution < 1.29 is 19.4 Å². The number of rotatable bonds is 5. The van der Waals surface area contributed by atoms with E-state index in [9.17, 15) is 9.59 Å². The lowest BCUT2D eigenvalue weighted by atomic mass is 10.0. The molecule has 2 unspecified atom stereocenters. The van der Waals surface area contributed by atoms with Crippen LogP contribution in [0.1, 0.15) is 35.2 Å². The summed E-state index contributed by atoms with van der Waals surface area (Å²) in [5.41, 5.74) is 0.710. The molecule has 1 aromatic carbocycles. The Morgan fingerprint density at radius 2 is 2.10 bits per heavy atom. The number of nitrogens with one attached hydrogen (secondary N) is 1. The number of carbonyl (C=O) groups is 2. The third-order valence-corrected chi connectivity index (χ3v) is 3.70. The Bertz CT molecular complexity index is 500. The van der Waals surface area contributed by atoms with Crippen LogP contribution in [0.15, 0.2) is 24.3 Å². The number of aromatic carboxylic acids is 1. The lowest BCUT2D eigenvalue weighted by Gasteiger charge is -2.19. The first-order chi connectivity index (χ1) is 9.61. The molecule has 0 bridgehead atoms. The number of amides is 1. The highest BCUT2D eigenvalue weighted by atomic mass is 16.5. The van der Waals surface area contributed by atoms with Gasteiger partial charge in [-0.05, 0) is 30.9 Å². The van der Waals surface area contributed by atoms with E-state index in [1.165, 1.54) is 6.07 Å². The van der Waals surface area contributed by atoms with Crippen molar-refractivity contribution in [1.82, 2.24) is 5.32 Å². The third kappa shape index (κ3) is 3.36. The third-order valence-electron chi connectivity index (χ3n) is 3.70. The van der Waals surface area contributed by atoms with Gasteiger partial charge in [0.25, 0.3) is 0 Å². The zero-order valence-corrected chi connectivity index (χ0v) is 11.5. The summed E-state index contributed by atoms with van der Waals surface area (Å²) in [5, 5.41) is 12.0. The molecule has 0 saturated heterocycles. The predicted octanol–water partition coefficient (Wildman–Crippen LogP) is 1.61. The minimum absolute atomic E-state index is 0.0319. The fourth-order valence-electron chi connectivity index (χ4n) is 2.69. The number of benzene rings is 1. The first-order valence-corrected chi connectivity index (χ1v) is 6.75. The van der Waals surface area contributed by atoms with Crippen LogP contribution in [0.3, 0.4) is 0 Å². The van der Waals surface area contributed by atoms with Gasteiger partial charge in [-0.1, -0.05) is 18.2 Å². The lowest BCUT2D eigenvalue weighted by Crippen LogP contribution is -2.41. The number of hydrogen-bond donors (Lipinski definition) is 2. The number of hydrogen-bond acceptors (Lipinski definition) is 3. The predicted molar refractivity (Wildman–Crippen MR) is 73.7 cm³/mol. The molecule has 1 aromatic rings. The van der Waals surface area contributed by atoms with Gasteiger partial charge in [0.15, 0.2) is 0 Å². The number of carboxylic acid groups (broad SMARTS) is 1. The zero-order valence-electron chi connectivity index (χ0n) is 11.5. The SMILES string of the molecule is COC1CCCC1NC(=O)Cc1ccccc1C(=O)O. The smallest absolute Gasteiger partial charge is 0.335 e. The van der Waals surface area contributed by atoms with Crippen LogP contribution in [0.25, 0.3) is 0 Å². The second-order valence-corrected chi connectivity index (χ2v) is 5.02. The molecule has 0 aromatic heterocycles. The quantitative estimate of drug-likeness (QED) is 0.857. The van der Waals surface area contributed by atoms with Gasteiger partial charge in [0, 0.05) is 7.11 Å². The number of methoxy groups -OCH3 is 1. The maximum absolute atomic E-state index is 12.0. The van der Waals surface area contributed by atoms with Crippen LogP contribution in [0, 0.1) is 0 Å². The maximum Gasteiger partial charge on any atom is 0.335 e. The van der Waals surface area contributed by atoms with Gasteiger partial charge in [-0.15, -0.1) is 0 Å². The van der Waals surface area contributed by atoms with Crippen LogP contribution in [-0.2, 0) is 16.0 Å². The minimum Gasteiger partial charge on any atom is -0.478 e. The molecule has 1 aliphatic rings. The largest absolute Gasteiger partial charge is 0.478 e. The first-order valence-electron chi connectivity index (χ1n) is 6.75. The van der Waals surface area contributed by atoms with Crippen molar-refractivity contribution in [3.05, 3.63) is 35.4 Å². The van der Waals surface area contributed by atoms with Crippen LogP contribution in [0.5, 0.6) is 0 Å². The van der Waals surface area contributed by atoms with E-state index in [1.54, 1.807) is 25.3 Å². The Morgan fingerprint density at radius 1 is 1.35 bits per heavy atom. The van der Waals surface area contributed by atoms with Crippen molar-refractivity contribution in [3.63, 3.8) is 0 Å². The standard InChI is InChI=1S/C15H19NO4/c1-20-13-8-4-7-12(13)16-14(17)9-10-5-2-3-6-11(10)15(18)19/h2-3,5-6,12-13H,4,7-9H2,1H3,(H,16,17)(H,18,19). The van der Waals surface area contributed by atoms with Crippen molar-refractivity contribution in [2.24, 2.45) is 0 Å². The summed E-state index contributed by atoms with van der Waals surface area (Å²) in [6, 6.07) is 6.61. The summed E-state index contributed by atoms with van der Waals surface area (Å²) in [4.78, 5) is 23.1. The van der Waals surface area contributed by atoms with E-state index in [2.05, 4.69) is 5.32 Å². The molecule has 2 N–H and O–H groups in total. The molecular weight excluding hydrogens is 258 g/mol. The van der Waals surface area contributed by atoms with E-state index >= 15 is 0 Å². The molecule has 5 nitrogen and oxygen atoms in total. The summed E-state index contributed by atoms with van der Waals surface area (Å²) >= 11 is 0. The number of carboxylic acids is 1. The van der Waals surface area contributed by atoms with Crippen molar-refractivity contribution in [3.8, 4) is 0 Å². The highest BCUT2D eigenvalue weighted by molar-refractivity contribution is 5.91. The van der Waals surface area contributed by atoms with E-state index < -0.39 is 5.97 Å². The van der Waals surface area contributed by atoms with Gasteiger partial charge in [-0.2, -0.15) is 0 Å². The van der Waals surface area contributed by atoms with Gasteiger partial charge < -0.3 is 15.2 Å². The number of carbonyl (C=O) groups excluding carboxylic acids is 1. The van der Waals surface area contributed by atoms with E-state index in [4.69, 9.17) is 9.84 Å². The normalized spacial score (nSPS) is 21.6. The highest BCUT2D eigenvalue weighted by Gasteiger charge is 2.28. The van der Waals surface area contributed by atoms with E-state index in [-0.39, 0.29) is 30.0 Å². The summed E-state index contributed by atoms with van der Waals surface area (Å²) in [6.45, 7) is 0. The zero-order chi connectivity index (χ0) is 14.5. The Hall–Kier alpha value is -1.88. The van der Waals surface area contributed by atoms with Gasteiger partial charge in [-0.3, -0.25) is 4.79 Å². The fraction of sp³-hybridized carbons (Fsp3) is 0.467. The molecular formula is C15H19NO4. The van der Waals surface area contributed by atoms with E-state index in [1.807, 2.05) is 0 Å². The van der Waals surface area contributed by atoms with Crippen molar-refractivity contribution >= 4 is 11.9 Å². The summed E-state index contributed by atoms with van der Waals surface area (Å²) in [5.74, 6) is -1.17. The van der Waals surface area contributed by atoms with Gasteiger partial charge in [0.05, 0.1) is 24.1 Å². The van der Waals surface area contributed by atoms with Crippen molar-refractivity contribution in [1.29, 1.82) is 0 Å². The van der Waals surface area contributed by atoms with Crippen LogP contribution < -0.4 is 5.32 Å². The molecule has 0 heterocycles. The molecule has 1 saturated carbocycles. The molecule has 20 heavy (non-hydrogen) atoms. The van der Waals surface area contributed by atoms with Crippen LogP contribution >= 0.6 is 0 Å². The Balaban J connectivity index is 2.00. The second kappa shape index (κ2) is 6.52. The Kier molecular flexibility index (Phi) is 4.74. The Morgan fingerprint density at radius 3 is 2.80 bits per heavy atom. The molecule has 108 valence electrons. The van der Waals surface area contributed by atoms with Crippen molar-refractivity contribution in [2.75, 3.05) is 7.11 Å². The summed E-state index contributed by atoms with van der Waals surface area (Å²) in [6.07, 6.45) is 3.04. The van der Waals surface area contributed by atoms with Gasteiger partial charge in [0.1, 0.15) is 0 Å². The molecule has 5 heteroatoms. The molecule has 2 atom stereocenters. The topological polar surface area (TPSA) is 75.6 Å². The fourth-order valence-corrected chi connectivity index (χ4v) is 2.69. The molecule has 1 fully saturated rings. The number of ether oxygens (including phenoxy) is 1. The van der Waals surface area contributed by atoms with E-state index in [0.29, 0.717) is 5.56 Å². The van der Waals surface area contributed by atoms with Crippen LogP contribution in [0.4, 0.5) is 0 Å². The summed E-state index contributed by atoms with van der Waals surface area (Å²) in [7, 11) is 1.65. The van der Waals surface area contributed by atoms with Gasteiger partial charge >= 0.3 is 5.97 Å². The van der Waals surface area contributed by atoms with Crippen LogP contribution in [0.2, 0.25) is 0 Å². The van der Waals surface area contributed by atoms with Crippen molar-refractivity contribution in [2.45, 2.75) is 37.8 Å². The molecule has 2 rings (SSSR count). The molecule has 0 radical (unpaired) electrons. The van der Waals surface area contributed by atoms with E-state index in [0.717, 1.165) is 19.3 Å². The van der Waals surface area contributed by atoms with Gasteiger partial charge in [0.2, 0.25) is 5.91 Å². The average Bonchev–Trinajstić information content (AvgIpc) is 2.86. The molecule has 1 aliphatic carbocycles. The Labute approximate surface area is 117 Å². The molecule has 1 amide bonds. The molecule has 0 spiro atoms. The van der Waals surface area contributed by atoms with Gasteiger partial charge in [-0.25, -0.2) is 4.79 Å². The maximum atomic E-state index is 12.0. The highest BCUT2D eigenvalue weighted by Crippen LogP contribution is 2.21. The lowest BCUT2D eigenvalue weighted by molar-refractivity contribution is -0.121. The average molecular weight is 277 g/mol. The van der Waals surface area contributed by atoms with Crippen LogP contribution in [-0.4, -0.2) is 36.2 Å². The minimum atomic E-state index is -1.01. The summed E-state index contributed by atoms with van der Waals surface area (Å²) < 4.78 is 5.33. The first kappa shape index (κ1) is 14.5. The molecule has 0 aliphatic heterocycles. The second-order valence-electron chi connectivity index (χ2n) is 5.02.